The van der Waals surface area contributed by atoms with E-state index in [1.54, 1.807) is 0 Å². The van der Waals surface area contributed by atoms with Crippen molar-refractivity contribution in [1.29, 1.82) is 0 Å². The van der Waals surface area contributed by atoms with Gasteiger partial charge in [-0.1, -0.05) is 34.6 Å². The molecule has 1 rings (SSSR count). The third-order valence-electron chi connectivity index (χ3n) is 4.05. The molecule has 4 heteroatoms. The lowest BCUT2D eigenvalue weighted by atomic mass is 9.64. The number of aliphatic hydroxyl groups excluding tert-OH is 1. The van der Waals surface area contributed by atoms with E-state index in [0.29, 0.717) is 13.0 Å². The predicted molar refractivity (Wildman–Crippen MR) is 73.0 cm³/mol. The molecule has 0 aromatic heterocycles. The van der Waals surface area contributed by atoms with E-state index in [9.17, 15) is 9.90 Å². The minimum absolute atomic E-state index is 0.0254. The first-order chi connectivity index (χ1) is 8.08. The molecule has 0 spiro atoms. The molecule has 1 saturated carbocycles. The molecule has 3 atom stereocenters. The van der Waals surface area contributed by atoms with Gasteiger partial charge in [0.05, 0.1) is 12.0 Å². The van der Waals surface area contributed by atoms with Crippen molar-refractivity contribution in [2.75, 3.05) is 6.54 Å². The summed E-state index contributed by atoms with van der Waals surface area (Å²) in [4.78, 5) is 12.2. The normalized spacial score (nSPS) is 28.4. The number of hydrogen-bond donors (Lipinski definition) is 3. The summed E-state index contributed by atoms with van der Waals surface area (Å²) in [6, 6.07) is 0.0639. The molecule has 4 nitrogen and oxygen atoms in total. The van der Waals surface area contributed by atoms with Gasteiger partial charge in [-0.25, -0.2) is 0 Å². The fraction of sp³-hybridized carbons (Fsp3) is 0.929. The lowest BCUT2D eigenvalue weighted by Gasteiger charge is -2.49. The number of amides is 1. The topological polar surface area (TPSA) is 75.4 Å². The Hall–Kier alpha value is -0.610. The highest BCUT2D eigenvalue weighted by Gasteiger charge is 2.48. The van der Waals surface area contributed by atoms with Crippen molar-refractivity contribution in [1.82, 2.24) is 5.32 Å². The molecule has 1 fully saturated rings. The SMILES string of the molecule is CC(C)(C)CC(CN)C(=O)NC1CC(O)C1(C)C. The third kappa shape index (κ3) is 3.45. The van der Waals surface area contributed by atoms with Crippen LogP contribution in [-0.2, 0) is 4.79 Å². The molecule has 0 aromatic carbocycles. The summed E-state index contributed by atoms with van der Waals surface area (Å²) < 4.78 is 0. The minimum atomic E-state index is -0.318. The summed E-state index contributed by atoms with van der Waals surface area (Å²) in [5.41, 5.74) is 5.57. The van der Waals surface area contributed by atoms with Crippen molar-refractivity contribution in [2.24, 2.45) is 22.5 Å². The van der Waals surface area contributed by atoms with Crippen LogP contribution < -0.4 is 11.1 Å². The third-order valence-corrected chi connectivity index (χ3v) is 4.05. The number of nitrogens with two attached hydrogens (primary N) is 1. The van der Waals surface area contributed by atoms with Crippen molar-refractivity contribution >= 4 is 5.91 Å². The van der Waals surface area contributed by atoms with Crippen LogP contribution in [0.15, 0.2) is 0 Å². The Morgan fingerprint density at radius 1 is 1.50 bits per heavy atom. The number of rotatable bonds is 4. The van der Waals surface area contributed by atoms with Crippen LogP contribution in [0.25, 0.3) is 0 Å². The van der Waals surface area contributed by atoms with Gasteiger partial charge in [0.25, 0.3) is 0 Å². The van der Waals surface area contributed by atoms with Gasteiger partial charge < -0.3 is 16.2 Å². The maximum absolute atomic E-state index is 12.2. The van der Waals surface area contributed by atoms with E-state index in [4.69, 9.17) is 5.73 Å². The van der Waals surface area contributed by atoms with Crippen LogP contribution in [0.3, 0.4) is 0 Å². The molecule has 3 unspecified atom stereocenters. The lowest BCUT2D eigenvalue weighted by Crippen LogP contribution is -2.62. The van der Waals surface area contributed by atoms with Gasteiger partial charge in [-0.2, -0.15) is 0 Å². The Kier molecular flexibility index (Phi) is 4.44. The van der Waals surface area contributed by atoms with E-state index >= 15 is 0 Å². The Morgan fingerprint density at radius 2 is 2.06 bits per heavy atom. The number of aliphatic hydroxyl groups is 1. The van der Waals surface area contributed by atoms with E-state index in [1.165, 1.54) is 0 Å². The van der Waals surface area contributed by atoms with E-state index in [1.807, 2.05) is 13.8 Å². The molecule has 0 saturated heterocycles. The molecule has 0 aliphatic heterocycles. The van der Waals surface area contributed by atoms with Crippen LogP contribution >= 0.6 is 0 Å². The summed E-state index contributed by atoms with van der Waals surface area (Å²) >= 11 is 0. The molecule has 0 radical (unpaired) electrons. The number of hydrogen-bond acceptors (Lipinski definition) is 3. The highest BCUT2D eigenvalue weighted by atomic mass is 16.3. The Bertz CT molecular complexity index is 307. The minimum Gasteiger partial charge on any atom is -0.392 e. The predicted octanol–water partition coefficient (Wildman–Crippen LogP) is 1.27. The van der Waals surface area contributed by atoms with Gasteiger partial charge in [0.15, 0.2) is 0 Å². The first-order valence-electron chi connectivity index (χ1n) is 6.76. The molecule has 0 aromatic rings. The molecule has 1 aliphatic rings. The lowest BCUT2D eigenvalue weighted by molar-refractivity contribution is -0.133. The van der Waals surface area contributed by atoms with Crippen LogP contribution in [0.1, 0.15) is 47.5 Å². The molecular formula is C14H28N2O2. The monoisotopic (exact) mass is 256 g/mol. The van der Waals surface area contributed by atoms with Crippen LogP contribution in [0, 0.1) is 16.7 Å². The van der Waals surface area contributed by atoms with Crippen molar-refractivity contribution in [3.8, 4) is 0 Å². The van der Waals surface area contributed by atoms with Gasteiger partial charge in [-0.15, -0.1) is 0 Å². The fourth-order valence-electron chi connectivity index (χ4n) is 2.46. The van der Waals surface area contributed by atoms with Crippen LogP contribution in [0.5, 0.6) is 0 Å². The van der Waals surface area contributed by atoms with E-state index in [-0.39, 0.29) is 34.8 Å². The number of carbonyl (C=O) groups is 1. The Balaban J connectivity index is 2.54. The molecule has 1 aliphatic carbocycles. The van der Waals surface area contributed by atoms with Gasteiger partial charge >= 0.3 is 0 Å². The summed E-state index contributed by atoms with van der Waals surface area (Å²) in [7, 11) is 0. The molecule has 4 N–H and O–H groups in total. The fourth-order valence-corrected chi connectivity index (χ4v) is 2.46. The highest BCUT2D eigenvalue weighted by molar-refractivity contribution is 5.79. The van der Waals surface area contributed by atoms with Crippen molar-refractivity contribution in [3.05, 3.63) is 0 Å². The Labute approximate surface area is 110 Å². The highest BCUT2D eigenvalue weighted by Crippen LogP contribution is 2.40. The first-order valence-corrected chi connectivity index (χ1v) is 6.76. The average Bonchev–Trinajstić information content (AvgIpc) is 2.24. The van der Waals surface area contributed by atoms with Gasteiger partial charge in [0.1, 0.15) is 0 Å². The van der Waals surface area contributed by atoms with Gasteiger partial charge in [0, 0.05) is 18.0 Å². The number of nitrogens with one attached hydrogen (secondary N) is 1. The zero-order valence-electron chi connectivity index (χ0n) is 12.3. The van der Waals surface area contributed by atoms with Crippen molar-refractivity contribution < 1.29 is 9.90 Å². The second-order valence-corrected chi connectivity index (χ2v) is 7.33. The first kappa shape index (κ1) is 15.4. The quantitative estimate of drug-likeness (QED) is 0.709. The maximum atomic E-state index is 12.2. The van der Waals surface area contributed by atoms with Gasteiger partial charge in [0.2, 0.25) is 5.91 Å². The van der Waals surface area contributed by atoms with Gasteiger partial charge in [-0.3, -0.25) is 4.79 Å². The Morgan fingerprint density at radius 3 is 2.39 bits per heavy atom. The maximum Gasteiger partial charge on any atom is 0.224 e. The molecule has 18 heavy (non-hydrogen) atoms. The van der Waals surface area contributed by atoms with E-state index in [0.717, 1.165) is 6.42 Å². The molecule has 1 amide bonds. The largest absolute Gasteiger partial charge is 0.392 e. The van der Waals surface area contributed by atoms with Crippen LogP contribution in [0.4, 0.5) is 0 Å². The van der Waals surface area contributed by atoms with Crippen molar-refractivity contribution in [2.45, 2.75) is 59.6 Å². The van der Waals surface area contributed by atoms with E-state index < -0.39 is 0 Å². The molecule has 0 heterocycles. The zero-order chi connectivity index (χ0) is 14.1. The molecule has 0 bridgehead atoms. The second kappa shape index (κ2) is 5.17. The van der Waals surface area contributed by atoms with Gasteiger partial charge in [-0.05, 0) is 18.3 Å². The number of carbonyl (C=O) groups excluding carboxylic acids is 1. The summed E-state index contributed by atoms with van der Waals surface area (Å²) in [6.45, 7) is 10.7. The average molecular weight is 256 g/mol. The standard InChI is InChI=1S/C14H28N2O2/c1-13(2,3)7-9(8-15)12(18)16-10-6-11(17)14(10,4)5/h9-11,17H,6-8,15H2,1-5H3,(H,16,18). The summed E-state index contributed by atoms with van der Waals surface area (Å²) in [6.07, 6.45) is 1.11. The van der Waals surface area contributed by atoms with E-state index in [2.05, 4.69) is 26.1 Å². The van der Waals surface area contributed by atoms with Crippen LogP contribution in [0.2, 0.25) is 0 Å². The summed E-state index contributed by atoms with van der Waals surface area (Å²) in [5, 5.41) is 12.7. The molecule has 106 valence electrons. The summed E-state index contributed by atoms with van der Waals surface area (Å²) in [5.74, 6) is -0.115. The van der Waals surface area contributed by atoms with Crippen LogP contribution in [-0.4, -0.2) is 29.7 Å². The van der Waals surface area contributed by atoms with Crippen molar-refractivity contribution in [3.63, 3.8) is 0 Å². The molecular weight excluding hydrogens is 228 g/mol. The second-order valence-electron chi connectivity index (χ2n) is 7.33. The smallest absolute Gasteiger partial charge is 0.224 e. The zero-order valence-corrected chi connectivity index (χ0v) is 12.3.